The van der Waals surface area contributed by atoms with Gasteiger partial charge in [0.2, 0.25) is 0 Å². The predicted molar refractivity (Wildman–Crippen MR) is 55.9 cm³/mol. The van der Waals surface area contributed by atoms with Crippen molar-refractivity contribution in [3.05, 3.63) is 36.8 Å². The van der Waals surface area contributed by atoms with Crippen LogP contribution in [0.1, 0.15) is 25.3 Å². The SMILES string of the molecule is [CH2]CCCc1ccc(OCC)cc1. The summed E-state index contributed by atoms with van der Waals surface area (Å²) < 4.78 is 5.35. The van der Waals surface area contributed by atoms with Crippen LogP contribution in [0.5, 0.6) is 5.75 Å². The molecule has 0 bridgehead atoms. The standard InChI is InChI=1S/C12H17O/c1-3-5-6-11-7-9-12(10-8-11)13-4-2/h7-10H,1,3-6H2,2H3. The van der Waals surface area contributed by atoms with Gasteiger partial charge in [0.25, 0.3) is 0 Å². The molecular formula is C12H17O. The maximum Gasteiger partial charge on any atom is 0.119 e. The van der Waals surface area contributed by atoms with E-state index < -0.39 is 0 Å². The van der Waals surface area contributed by atoms with Crippen LogP contribution in [0.2, 0.25) is 0 Å². The first-order valence-electron chi connectivity index (χ1n) is 4.87. The second kappa shape index (κ2) is 5.63. The fourth-order valence-electron chi connectivity index (χ4n) is 1.25. The van der Waals surface area contributed by atoms with Crippen molar-refractivity contribution in [1.29, 1.82) is 0 Å². The van der Waals surface area contributed by atoms with Crippen LogP contribution in [0.4, 0.5) is 0 Å². The van der Waals surface area contributed by atoms with Crippen LogP contribution in [-0.4, -0.2) is 6.61 Å². The van der Waals surface area contributed by atoms with Gasteiger partial charge in [0.05, 0.1) is 6.61 Å². The van der Waals surface area contributed by atoms with Crippen LogP contribution < -0.4 is 4.74 Å². The molecule has 0 atom stereocenters. The van der Waals surface area contributed by atoms with E-state index in [1.54, 1.807) is 0 Å². The number of hydrogen-bond donors (Lipinski definition) is 0. The summed E-state index contributed by atoms with van der Waals surface area (Å²) in [5.41, 5.74) is 1.37. The molecule has 1 aromatic carbocycles. The second-order valence-corrected chi connectivity index (χ2v) is 3.03. The van der Waals surface area contributed by atoms with Gasteiger partial charge in [-0.25, -0.2) is 0 Å². The first-order chi connectivity index (χ1) is 6.36. The molecule has 0 N–H and O–H groups in total. The molecule has 0 aliphatic carbocycles. The van der Waals surface area contributed by atoms with Gasteiger partial charge in [-0.1, -0.05) is 25.5 Å². The quantitative estimate of drug-likeness (QED) is 0.671. The molecule has 0 saturated heterocycles. The highest BCUT2D eigenvalue weighted by atomic mass is 16.5. The second-order valence-electron chi connectivity index (χ2n) is 3.03. The Morgan fingerprint density at radius 1 is 1.23 bits per heavy atom. The lowest BCUT2D eigenvalue weighted by Gasteiger charge is -2.04. The fourth-order valence-corrected chi connectivity index (χ4v) is 1.25. The van der Waals surface area contributed by atoms with Crippen molar-refractivity contribution in [1.82, 2.24) is 0 Å². The molecular weight excluding hydrogens is 160 g/mol. The Kier molecular flexibility index (Phi) is 4.37. The van der Waals surface area contributed by atoms with Gasteiger partial charge in [0, 0.05) is 0 Å². The molecule has 1 heteroatoms. The average molecular weight is 177 g/mol. The Morgan fingerprint density at radius 2 is 1.92 bits per heavy atom. The third-order valence-corrected chi connectivity index (χ3v) is 1.95. The molecule has 1 aromatic rings. The molecule has 71 valence electrons. The molecule has 0 fully saturated rings. The summed E-state index contributed by atoms with van der Waals surface area (Å²) in [7, 11) is 0. The molecule has 0 heterocycles. The van der Waals surface area contributed by atoms with Gasteiger partial charge < -0.3 is 4.74 Å². The summed E-state index contributed by atoms with van der Waals surface area (Å²) in [6, 6.07) is 8.31. The van der Waals surface area contributed by atoms with Gasteiger partial charge in [-0.15, -0.1) is 0 Å². The zero-order valence-corrected chi connectivity index (χ0v) is 8.25. The molecule has 0 aliphatic heterocycles. The highest BCUT2D eigenvalue weighted by Gasteiger charge is 1.93. The minimum atomic E-state index is 0.734. The molecule has 1 rings (SSSR count). The van der Waals surface area contributed by atoms with E-state index in [2.05, 4.69) is 19.1 Å². The smallest absolute Gasteiger partial charge is 0.119 e. The van der Waals surface area contributed by atoms with Gasteiger partial charge in [0.15, 0.2) is 0 Å². The molecule has 13 heavy (non-hydrogen) atoms. The Balaban J connectivity index is 2.48. The van der Waals surface area contributed by atoms with Crippen LogP contribution in [-0.2, 0) is 6.42 Å². The Labute approximate surface area is 80.7 Å². The van der Waals surface area contributed by atoms with Crippen LogP contribution in [0.3, 0.4) is 0 Å². The molecule has 0 saturated carbocycles. The molecule has 1 nitrogen and oxygen atoms in total. The minimum Gasteiger partial charge on any atom is -0.494 e. The maximum atomic E-state index is 5.35. The van der Waals surface area contributed by atoms with Crippen molar-refractivity contribution in [2.24, 2.45) is 0 Å². The maximum absolute atomic E-state index is 5.35. The lowest BCUT2D eigenvalue weighted by molar-refractivity contribution is 0.340. The van der Waals surface area contributed by atoms with Crippen LogP contribution in [0.15, 0.2) is 24.3 Å². The highest BCUT2D eigenvalue weighted by Crippen LogP contribution is 2.13. The van der Waals surface area contributed by atoms with Gasteiger partial charge >= 0.3 is 0 Å². The fraction of sp³-hybridized carbons (Fsp3) is 0.417. The Bertz CT molecular complexity index is 225. The third kappa shape index (κ3) is 3.49. The molecule has 0 aliphatic rings. The number of aryl methyl sites for hydroxylation is 1. The molecule has 1 radical (unpaired) electrons. The summed E-state index contributed by atoms with van der Waals surface area (Å²) >= 11 is 0. The van der Waals surface area contributed by atoms with E-state index in [0.29, 0.717) is 0 Å². The summed E-state index contributed by atoms with van der Waals surface area (Å²) in [5, 5.41) is 0. The van der Waals surface area contributed by atoms with Crippen LogP contribution in [0, 0.1) is 6.92 Å². The summed E-state index contributed by atoms with van der Waals surface area (Å²) in [6.07, 6.45) is 3.29. The van der Waals surface area contributed by atoms with E-state index in [1.165, 1.54) is 5.56 Å². The van der Waals surface area contributed by atoms with Crippen molar-refractivity contribution in [2.75, 3.05) is 6.61 Å². The Morgan fingerprint density at radius 3 is 2.46 bits per heavy atom. The van der Waals surface area contributed by atoms with Crippen molar-refractivity contribution in [3.63, 3.8) is 0 Å². The topological polar surface area (TPSA) is 9.23 Å². The van der Waals surface area contributed by atoms with E-state index >= 15 is 0 Å². The van der Waals surface area contributed by atoms with Crippen LogP contribution in [0.25, 0.3) is 0 Å². The lowest BCUT2D eigenvalue weighted by atomic mass is 10.1. The minimum absolute atomic E-state index is 0.734. The van der Waals surface area contributed by atoms with Crippen molar-refractivity contribution in [2.45, 2.75) is 26.2 Å². The van der Waals surface area contributed by atoms with Gasteiger partial charge in [-0.3, -0.25) is 0 Å². The highest BCUT2D eigenvalue weighted by molar-refractivity contribution is 5.27. The first-order valence-corrected chi connectivity index (χ1v) is 4.87. The zero-order chi connectivity index (χ0) is 9.52. The Hall–Kier alpha value is -0.980. The number of rotatable bonds is 5. The number of unbranched alkanes of at least 4 members (excludes halogenated alkanes) is 1. The molecule has 0 spiro atoms. The zero-order valence-electron chi connectivity index (χ0n) is 8.25. The lowest BCUT2D eigenvalue weighted by Crippen LogP contribution is -1.91. The normalized spacial score (nSPS) is 10.0. The van der Waals surface area contributed by atoms with Crippen molar-refractivity contribution < 1.29 is 4.74 Å². The van der Waals surface area contributed by atoms with Crippen LogP contribution >= 0.6 is 0 Å². The number of hydrogen-bond acceptors (Lipinski definition) is 1. The van der Waals surface area contributed by atoms with E-state index in [-0.39, 0.29) is 0 Å². The van der Waals surface area contributed by atoms with Crippen molar-refractivity contribution in [3.8, 4) is 5.75 Å². The van der Waals surface area contributed by atoms with Gasteiger partial charge in [0.1, 0.15) is 5.75 Å². The number of ether oxygens (including phenoxy) is 1. The third-order valence-electron chi connectivity index (χ3n) is 1.95. The molecule has 0 unspecified atom stereocenters. The summed E-state index contributed by atoms with van der Waals surface area (Å²) in [5.74, 6) is 0.959. The van der Waals surface area contributed by atoms with E-state index in [0.717, 1.165) is 31.6 Å². The van der Waals surface area contributed by atoms with Gasteiger partial charge in [-0.2, -0.15) is 0 Å². The predicted octanol–water partition coefficient (Wildman–Crippen LogP) is 3.24. The first kappa shape index (κ1) is 10.1. The number of benzene rings is 1. The molecule has 0 aromatic heterocycles. The van der Waals surface area contributed by atoms with E-state index in [9.17, 15) is 0 Å². The van der Waals surface area contributed by atoms with Crippen molar-refractivity contribution >= 4 is 0 Å². The summed E-state index contributed by atoms with van der Waals surface area (Å²) in [6.45, 7) is 6.55. The monoisotopic (exact) mass is 177 g/mol. The van der Waals surface area contributed by atoms with E-state index in [1.807, 2.05) is 19.1 Å². The van der Waals surface area contributed by atoms with Gasteiger partial charge in [-0.05, 0) is 37.5 Å². The molecule has 0 amide bonds. The summed E-state index contributed by atoms with van der Waals surface area (Å²) in [4.78, 5) is 0. The van der Waals surface area contributed by atoms with E-state index in [4.69, 9.17) is 4.74 Å². The average Bonchev–Trinajstić information content (AvgIpc) is 2.17. The largest absolute Gasteiger partial charge is 0.494 e.